The lowest BCUT2D eigenvalue weighted by Crippen LogP contribution is -2.37. The smallest absolute Gasteiger partial charge is 0.260 e. The minimum atomic E-state index is -0.475. The number of carbonyl (C=O) groups is 1. The first-order chi connectivity index (χ1) is 9.10. The van der Waals surface area contributed by atoms with E-state index >= 15 is 0 Å². The van der Waals surface area contributed by atoms with Gasteiger partial charge < -0.3 is 15.4 Å². The molecule has 2 rings (SSSR count). The standard InChI is InChI=1S/C14H19BrN2O2/c1-9(14(18)17-12-4-5-12)19-13-6-3-11(15)7-10(13)8-16-2/h3,6-7,9,12,16H,4-5,8H2,1-2H3,(H,17,18). The fourth-order valence-electron chi connectivity index (χ4n) is 1.78. The maximum absolute atomic E-state index is 11.9. The van der Waals surface area contributed by atoms with E-state index in [1.807, 2.05) is 25.2 Å². The number of rotatable bonds is 6. The van der Waals surface area contributed by atoms with Crippen molar-refractivity contribution >= 4 is 21.8 Å². The summed E-state index contributed by atoms with van der Waals surface area (Å²) in [6.45, 7) is 2.48. The first-order valence-electron chi connectivity index (χ1n) is 6.50. The van der Waals surface area contributed by atoms with Gasteiger partial charge in [-0.3, -0.25) is 4.79 Å². The zero-order valence-corrected chi connectivity index (χ0v) is 12.8. The summed E-state index contributed by atoms with van der Waals surface area (Å²) in [6.07, 6.45) is 1.70. The number of benzene rings is 1. The molecule has 1 aliphatic rings. The highest BCUT2D eigenvalue weighted by Crippen LogP contribution is 2.24. The first kappa shape index (κ1) is 14.3. The number of carbonyl (C=O) groups excluding carboxylic acids is 1. The van der Waals surface area contributed by atoms with Gasteiger partial charge in [0.05, 0.1) is 0 Å². The number of amides is 1. The molecule has 0 bridgehead atoms. The Morgan fingerprint density at radius 3 is 2.89 bits per heavy atom. The molecule has 0 aromatic heterocycles. The quantitative estimate of drug-likeness (QED) is 0.842. The zero-order chi connectivity index (χ0) is 13.8. The van der Waals surface area contributed by atoms with E-state index in [2.05, 4.69) is 26.6 Å². The molecule has 0 heterocycles. The second-order valence-electron chi connectivity index (χ2n) is 4.83. The van der Waals surface area contributed by atoms with Crippen LogP contribution in [-0.2, 0) is 11.3 Å². The van der Waals surface area contributed by atoms with Gasteiger partial charge in [0.15, 0.2) is 6.10 Å². The molecular formula is C14H19BrN2O2. The summed E-state index contributed by atoms with van der Waals surface area (Å²) in [6, 6.07) is 6.16. The third-order valence-corrected chi connectivity index (χ3v) is 3.48. The van der Waals surface area contributed by atoms with Gasteiger partial charge in [-0.1, -0.05) is 15.9 Å². The molecule has 1 saturated carbocycles. The van der Waals surface area contributed by atoms with Gasteiger partial charge in [-0.25, -0.2) is 0 Å². The van der Waals surface area contributed by atoms with E-state index in [1.54, 1.807) is 6.92 Å². The van der Waals surface area contributed by atoms with Crippen molar-refractivity contribution < 1.29 is 9.53 Å². The molecule has 0 radical (unpaired) electrons. The SMILES string of the molecule is CNCc1cc(Br)ccc1OC(C)C(=O)NC1CC1. The van der Waals surface area contributed by atoms with Crippen molar-refractivity contribution in [1.82, 2.24) is 10.6 Å². The molecule has 0 aliphatic heterocycles. The van der Waals surface area contributed by atoms with Crippen LogP contribution in [0.4, 0.5) is 0 Å². The Balaban J connectivity index is 2.01. The molecule has 1 aromatic carbocycles. The molecule has 1 unspecified atom stereocenters. The first-order valence-corrected chi connectivity index (χ1v) is 7.29. The zero-order valence-electron chi connectivity index (χ0n) is 11.2. The highest BCUT2D eigenvalue weighted by atomic mass is 79.9. The van der Waals surface area contributed by atoms with E-state index in [4.69, 9.17) is 4.74 Å². The maximum atomic E-state index is 11.9. The third kappa shape index (κ3) is 4.21. The van der Waals surface area contributed by atoms with E-state index in [0.29, 0.717) is 12.6 Å². The monoisotopic (exact) mass is 326 g/mol. The lowest BCUT2D eigenvalue weighted by atomic mass is 10.2. The number of nitrogens with one attached hydrogen (secondary N) is 2. The average Bonchev–Trinajstić information content (AvgIpc) is 3.16. The van der Waals surface area contributed by atoms with E-state index in [9.17, 15) is 4.79 Å². The van der Waals surface area contributed by atoms with Gasteiger partial charge in [0.2, 0.25) is 0 Å². The molecule has 104 valence electrons. The van der Waals surface area contributed by atoms with Crippen LogP contribution in [0.3, 0.4) is 0 Å². The topological polar surface area (TPSA) is 50.4 Å². The van der Waals surface area contributed by atoms with E-state index < -0.39 is 6.10 Å². The molecule has 0 saturated heterocycles. The summed E-state index contributed by atoms with van der Waals surface area (Å²) >= 11 is 3.44. The minimum absolute atomic E-state index is 0.0409. The Bertz CT molecular complexity index is 461. The fourth-order valence-corrected chi connectivity index (χ4v) is 2.19. The third-order valence-electron chi connectivity index (χ3n) is 2.99. The van der Waals surface area contributed by atoms with Crippen molar-refractivity contribution in [1.29, 1.82) is 0 Å². The van der Waals surface area contributed by atoms with Gasteiger partial charge in [0.25, 0.3) is 5.91 Å². The number of halogens is 1. The highest BCUT2D eigenvalue weighted by molar-refractivity contribution is 9.10. The van der Waals surface area contributed by atoms with Gasteiger partial charge in [0.1, 0.15) is 5.75 Å². The second-order valence-corrected chi connectivity index (χ2v) is 5.74. The Morgan fingerprint density at radius 2 is 2.26 bits per heavy atom. The van der Waals surface area contributed by atoms with Crippen molar-refractivity contribution in [2.24, 2.45) is 0 Å². The van der Waals surface area contributed by atoms with Crippen molar-refractivity contribution in [3.05, 3.63) is 28.2 Å². The van der Waals surface area contributed by atoms with Crippen molar-refractivity contribution in [3.63, 3.8) is 0 Å². The Morgan fingerprint density at radius 1 is 1.53 bits per heavy atom. The van der Waals surface area contributed by atoms with Crippen LogP contribution in [0.2, 0.25) is 0 Å². The molecule has 0 spiro atoms. The van der Waals surface area contributed by atoms with Crippen LogP contribution in [0.15, 0.2) is 22.7 Å². The molecule has 1 fully saturated rings. The van der Waals surface area contributed by atoms with Crippen LogP contribution in [-0.4, -0.2) is 25.1 Å². The summed E-state index contributed by atoms with van der Waals surface area (Å²) in [5.41, 5.74) is 1.03. The van der Waals surface area contributed by atoms with Crippen LogP contribution in [0.5, 0.6) is 5.75 Å². The van der Waals surface area contributed by atoms with Gasteiger partial charge >= 0.3 is 0 Å². The maximum Gasteiger partial charge on any atom is 0.260 e. The Kier molecular flexibility index (Phi) is 4.82. The molecule has 19 heavy (non-hydrogen) atoms. The lowest BCUT2D eigenvalue weighted by Gasteiger charge is -2.17. The summed E-state index contributed by atoms with van der Waals surface area (Å²) in [5.74, 6) is 0.705. The lowest BCUT2D eigenvalue weighted by molar-refractivity contribution is -0.127. The highest BCUT2D eigenvalue weighted by Gasteiger charge is 2.26. The normalized spacial score (nSPS) is 15.9. The second kappa shape index (κ2) is 6.39. The van der Waals surface area contributed by atoms with Gasteiger partial charge in [-0.05, 0) is 45.0 Å². The van der Waals surface area contributed by atoms with Crippen LogP contribution in [0.25, 0.3) is 0 Å². The van der Waals surface area contributed by atoms with Crippen molar-refractivity contribution in [2.75, 3.05) is 7.05 Å². The Hall–Kier alpha value is -1.07. The van der Waals surface area contributed by atoms with Crippen LogP contribution in [0, 0.1) is 0 Å². The Labute approximate surface area is 122 Å². The van der Waals surface area contributed by atoms with Crippen LogP contribution in [0.1, 0.15) is 25.3 Å². The molecular weight excluding hydrogens is 308 g/mol. The molecule has 1 aliphatic carbocycles. The van der Waals surface area contributed by atoms with E-state index in [1.165, 1.54) is 0 Å². The fraction of sp³-hybridized carbons (Fsp3) is 0.500. The number of ether oxygens (including phenoxy) is 1. The van der Waals surface area contributed by atoms with Crippen molar-refractivity contribution in [3.8, 4) is 5.75 Å². The van der Waals surface area contributed by atoms with Gasteiger partial charge in [-0.15, -0.1) is 0 Å². The molecule has 4 nitrogen and oxygen atoms in total. The predicted octanol–water partition coefficient (Wildman–Crippen LogP) is 2.21. The molecule has 2 N–H and O–H groups in total. The van der Waals surface area contributed by atoms with E-state index in [-0.39, 0.29) is 5.91 Å². The van der Waals surface area contributed by atoms with Gasteiger partial charge in [-0.2, -0.15) is 0 Å². The average molecular weight is 327 g/mol. The predicted molar refractivity (Wildman–Crippen MR) is 78.2 cm³/mol. The van der Waals surface area contributed by atoms with Gasteiger partial charge in [0, 0.05) is 22.6 Å². The summed E-state index contributed by atoms with van der Waals surface area (Å²) < 4.78 is 6.77. The molecule has 1 amide bonds. The minimum Gasteiger partial charge on any atom is -0.481 e. The van der Waals surface area contributed by atoms with E-state index in [0.717, 1.165) is 28.6 Å². The largest absolute Gasteiger partial charge is 0.481 e. The summed E-state index contributed by atoms with van der Waals surface area (Å²) in [4.78, 5) is 11.9. The van der Waals surface area contributed by atoms with Crippen LogP contribution >= 0.6 is 15.9 Å². The van der Waals surface area contributed by atoms with Crippen molar-refractivity contribution in [2.45, 2.75) is 38.5 Å². The van der Waals surface area contributed by atoms with Crippen LogP contribution < -0.4 is 15.4 Å². The molecule has 1 aromatic rings. The number of hydrogen-bond acceptors (Lipinski definition) is 3. The summed E-state index contributed by atoms with van der Waals surface area (Å²) in [7, 11) is 1.88. The summed E-state index contributed by atoms with van der Waals surface area (Å²) in [5, 5.41) is 6.04. The molecule has 5 heteroatoms. The number of hydrogen-bond donors (Lipinski definition) is 2. The molecule has 1 atom stereocenters.